The first kappa shape index (κ1) is 21.4. The Morgan fingerprint density at radius 1 is 1.24 bits per heavy atom. The number of fused-ring (bicyclic) bond motifs is 1. The maximum absolute atomic E-state index is 12.6. The molecular weight excluding hydrogens is 402 g/mol. The first-order valence-corrected chi connectivity index (χ1v) is 11.0. The van der Waals surface area contributed by atoms with Gasteiger partial charge < -0.3 is 14.8 Å². The van der Waals surface area contributed by atoms with E-state index in [4.69, 9.17) is 14.6 Å². The molecule has 2 heterocycles. The van der Waals surface area contributed by atoms with Crippen molar-refractivity contribution in [3.63, 3.8) is 0 Å². The van der Waals surface area contributed by atoms with Gasteiger partial charge in [-0.25, -0.2) is 13.6 Å². The molecule has 1 atom stereocenters. The van der Waals surface area contributed by atoms with Gasteiger partial charge in [0.25, 0.3) is 17.7 Å². The van der Waals surface area contributed by atoms with E-state index < -0.39 is 21.8 Å². The van der Waals surface area contributed by atoms with E-state index in [0.29, 0.717) is 6.61 Å². The lowest BCUT2D eigenvalue weighted by Gasteiger charge is -2.17. The van der Waals surface area contributed by atoms with Crippen molar-refractivity contribution >= 4 is 27.7 Å². The van der Waals surface area contributed by atoms with Gasteiger partial charge >= 0.3 is 0 Å². The summed E-state index contributed by atoms with van der Waals surface area (Å²) in [4.78, 5) is 38.6. The van der Waals surface area contributed by atoms with Crippen LogP contribution in [0, 0.1) is 0 Å². The Balaban J connectivity index is 1.54. The normalized spacial score (nSPS) is 18.9. The number of nitrogens with two attached hydrogens (primary N) is 1. The Bertz CT molecular complexity index is 910. The zero-order valence-corrected chi connectivity index (χ0v) is 16.6. The third kappa shape index (κ3) is 5.38. The minimum absolute atomic E-state index is 0.0648. The Morgan fingerprint density at radius 3 is 2.69 bits per heavy atom. The molecule has 1 aromatic carbocycles. The number of primary sulfonamides is 1. The fourth-order valence-electron chi connectivity index (χ4n) is 3.21. The number of benzene rings is 1. The molecule has 1 unspecified atom stereocenters. The monoisotopic (exact) mass is 425 g/mol. The number of nitrogens with zero attached hydrogens (tertiary/aromatic N) is 1. The highest BCUT2D eigenvalue weighted by Crippen LogP contribution is 2.26. The average Bonchev–Trinajstić information content (AvgIpc) is 3.26. The molecular formula is C18H23N3O7S. The van der Waals surface area contributed by atoms with Gasteiger partial charge in [-0.2, -0.15) is 0 Å². The predicted octanol–water partition coefficient (Wildman–Crippen LogP) is -0.503. The van der Waals surface area contributed by atoms with E-state index in [1.54, 1.807) is 0 Å². The van der Waals surface area contributed by atoms with Crippen LogP contribution in [0.1, 0.15) is 43.9 Å². The van der Waals surface area contributed by atoms with Gasteiger partial charge in [-0.3, -0.25) is 19.3 Å². The number of carbonyl (C=O) groups excluding carboxylic acids is 3. The molecule has 29 heavy (non-hydrogen) atoms. The van der Waals surface area contributed by atoms with Crippen LogP contribution < -0.4 is 10.5 Å². The lowest BCUT2D eigenvalue weighted by atomic mass is 10.1. The smallest absolute Gasteiger partial charge is 0.261 e. The maximum atomic E-state index is 12.6. The van der Waals surface area contributed by atoms with Gasteiger partial charge in [-0.05, 0) is 31.0 Å². The quantitative estimate of drug-likeness (QED) is 0.400. The van der Waals surface area contributed by atoms with Gasteiger partial charge in [-0.1, -0.05) is 0 Å². The first-order chi connectivity index (χ1) is 13.8. The molecule has 0 spiro atoms. The van der Waals surface area contributed by atoms with Crippen molar-refractivity contribution in [2.45, 2.75) is 18.9 Å². The fourth-order valence-corrected chi connectivity index (χ4v) is 3.56. The number of ether oxygens (including phenoxy) is 2. The van der Waals surface area contributed by atoms with Gasteiger partial charge in [0.15, 0.2) is 0 Å². The van der Waals surface area contributed by atoms with E-state index in [2.05, 4.69) is 5.32 Å². The Labute approximate surface area is 168 Å². The van der Waals surface area contributed by atoms with Crippen LogP contribution in [0.25, 0.3) is 0 Å². The molecule has 158 valence electrons. The third-order valence-corrected chi connectivity index (χ3v) is 5.42. The van der Waals surface area contributed by atoms with Crippen molar-refractivity contribution in [3.05, 3.63) is 34.9 Å². The van der Waals surface area contributed by atoms with E-state index in [1.165, 1.54) is 23.1 Å². The molecule has 10 nitrogen and oxygen atoms in total. The summed E-state index contributed by atoms with van der Waals surface area (Å²) in [6.07, 6.45) is 1.57. The van der Waals surface area contributed by atoms with Crippen LogP contribution in [0.3, 0.4) is 0 Å². The Kier molecular flexibility index (Phi) is 6.63. The highest BCUT2D eigenvalue weighted by atomic mass is 32.2. The number of nitrogens with one attached hydrogen (secondary N) is 1. The fraction of sp³-hybridized carbons (Fsp3) is 0.500. The summed E-state index contributed by atoms with van der Waals surface area (Å²) in [5.74, 6) is -1.54. The molecule has 0 bridgehead atoms. The predicted molar refractivity (Wildman–Crippen MR) is 102 cm³/mol. The Hall–Kier alpha value is -2.34. The average molecular weight is 425 g/mol. The molecule has 0 saturated carbocycles. The first-order valence-electron chi connectivity index (χ1n) is 9.24. The number of sulfonamides is 1. The number of rotatable bonds is 9. The van der Waals surface area contributed by atoms with Crippen LogP contribution in [0.2, 0.25) is 0 Å². The van der Waals surface area contributed by atoms with E-state index in [0.717, 1.165) is 12.8 Å². The van der Waals surface area contributed by atoms with Crippen LogP contribution in [-0.4, -0.2) is 75.8 Å². The number of imide groups is 1. The minimum atomic E-state index is -3.58. The molecule has 1 fully saturated rings. The minimum Gasteiger partial charge on any atom is -0.379 e. The van der Waals surface area contributed by atoms with Gasteiger partial charge in [0.05, 0.1) is 42.7 Å². The van der Waals surface area contributed by atoms with Crippen LogP contribution in [0.4, 0.5) is 0 Å². The maximum Gasteiger partial charge on any atom is 0.261 e. The summed E-state index contributed by atoms with van der Waals surface area (Å²) in [5.41, 5.74) is 0.717. The lowest BCUT2D eigenvalue weighted by molar-refractivity contribution is 0.0475. The second-order valence-electron chi connectivity index (χ2n) is 6.85. The Morgan fingerprint density at radius 2 is 2.00 bits per heavy atom. The van der Waals surface area contributed by atoms with E-state index in [9.17, 15) is 22.8 Å². The van der Waals surface area contributed by atoms with E-state index >= 15 is 0 Å². The van der Waals surface area contributed by atoms with Crippen LogP contribution >= 0.6 is 0 Å². The van der Waals surface area contributed by atoms with E-state index in [-0.39, 0.29) is 60.8 Å². The molecule has 3 rings (SSSR count). The van der Waals surface area contributed by atoms with Crippen molar-refractivity contribution in [1.82, 2.24) is 10.2 Å². The SMILES string of the molecule is NS(=O)(=O)CCOCCNC(=O)c1ccc2c(c1)C(=O)N(CC1CCCO1)C2=O. The van der Waals surface area contributed by atoms with Crippen molar-refractivity contribution in [1.29, 1.82) is 0 Å². The summed E-state index contributed by atoms with van der Waals surface area (Å²) < 4.78 is 32.2. The molecule has 0 aromatic heterocycles. The molecule has 2 aliphatic heterocycles. The van der Waals surface area contributed by atoms with Crippen LogP contribution in [0.5, 0.6) is 0 Å². The number of hydrogen-bond donors (Lipinski definition) is 2. The topological polar surface area (TPSA) is 145 Å². The zero-order chi connectivity index (χ0) is 21.0. The van der Waals surface area contributed by atoms with Gasteiger partial charge in [0.2, 0.25) is 10.0 Å². The molecule has 1 saturated heterocycles. The summed E-state index contributed by atoms with van der Waals surface area (Å²) >= 11 is 0. The number of amides is 3. The van der Waals surface area contributed by atoms with Crippen molar-refractivity contribution in [2.24, 2.45) is 5.14 Å². The van der Waals surface area contributed by atoms with Crippen LogP contribution in [-0.2, 0) is 19.5 Å². The highest BCUT2D eigenvalue weighted by Gasteiger charge is 2.37. The molecule has 0 radical (unpaired) electrons. The zero-order valence-electron chi connectivity index (χ0n) is 15.8. The van der Waals surface area contributed by atoms with Crippen molar-refractivity contribution in [3.8, 4) is 0 Å². The van der Waals surface area contributed by atoms with Crippen molar-refractivity contribution < 1.29 is 32.3 Å². The molecule has 0 aliphatic carbocycles. The molecule has 2 aliphatic rings. The van der Waals surface area contributed by atoms with Gasteiger partial charge in [-0.15, -0.1) is 0 Å². The number of hydrogen-bond acceptors (Lipinski definition) is 7. The van der Waals surface area contributed by atoms with Crippen molar-refractivity contribution in [2.75, 3.05) is 38.7 Å². The summed E-state index contributed by atoms with van der Waals surface area (Å²) in [6.45, 7) is 1.04. The molecule has 3 N–H and O–H groups in total. The third-order valence-electron chi connectivity index (χ3n) is 4.69. The number of carbonyl (C=O) groups is 3. The molecule has 3 amide bonds. The van der Waals surface area contributed by atoms with Gasteiger partial charge in [0, 0.05) is 18.7 Å². The second kappa shape index (κ2) is 8.99. The summed E-state index contributed by atoms with van der Waals surface area (Å²) in [7, 11) is -3.58. The van der Waals surface area contributed by atoms with Crippen LogP contribution in [0.15, 0.2) is 18.2 Å². The lowest BCUT2D eigenvalue weighted by Crippen LogP contribution is -2.36. The highest BCUT2D eigenvalue weighted by molar-refractivity contribution is 7.89. The summed E-state index contributed by atoms with van der Waals surface area (Å²) in [5, 5.41) is 7.47. The molecule has 1 aromatic rings. The van der Waals surface area contributed by atoms with E-state index in [1.807, 2.05) is 0 Å². The second-order valence-corrected chi connectivity index (χ2v) is 8.59. The standard InChI is InChI=1S/C18H23N3O7S/c19-29(25,26)9-8-27-7-5-20-16(22)12-3-4-14-15(10-12)18(24)21(17(14)23)11-13-2-1-6-28-13/h3-4,10,13H,1-2,5-9,11H2,(H,20,22)(H2,19,25,26). The summed E-state index contributed by atoms with van der Waals surface area (Å²) in [6, 6.07) is 4.36. The molecule has 11 heteroatoms. The largest absolute Gasteiger partial charge is 0.379 e. The van der Waals surface area contributed by atoms with Gasteiger partial charge in [0.1, 0.15) is 0 Å².